The molecule has 0 saturated carbocycles. The van der Waals surface area contributed by atoms with E-state index >= 15 is 0 Å². The lowest BCUT2D eigenvalue weighted by Gasteiger charge is -2.11. The normalized spacial score (nSPS) is 11.7. The number of hydrogen-bond donors (Lipinski definition) is 1. The van der Waals surface area contributed by atoms with Gasteiger partial charge in [-0.2, -0.15) is 0 Å². The Morgan fingerprint density at radius 3 is 2.35 bits per heavy atom. The zero-order chi connectivity index (χ0) is 23.9. The van der Waals surface area contributed by atoms with E-state index in [1.807, 2.05) is 71.3 Å². The lowest BCUT2D eigenvalue weighted by molar-refractivity contribution is -0.113. The van der Waals surface area contributed by atoms with Crippen molar-refractivity contribution in [3.63, 3.8) is 0 Å². The van der Waals surface area contributed by atoms with Gasteiger partial charge in [0.1, 0.15) is 5.75 Å². The molecule has 0 saturated heterocycles. The predicted octanol–water partition coefficient (Wildman–Crippen LogP) is 6.19. The molecule has 1 heterocycles. The Labute approximate surface area is 204 Å². The average Bonchev–Trinajstić information content (AvgIpc) is 3.32. The minimum atomic E-state index is -0.0881. The molecule has 3 aromatic carbocycles. The molecule has 0 spiro atoms. The zero-order valence-electron chi connectivity index (χ0n) is 19.6. The maximum atomic E-state index is 12.7. The third-order valence-electron chi connectivity index (χ3n) is 5.70. The second-order valence-electron chi connectivity index (χ2n) is 7.97. The molecule has 1 atom stereocenters. The second kappa shape index (κ2) is 11.0. The minimum Gasteiger partial charge on any atom is -0.497 e. The first kappa shape index (κ1) is 23.6. The molecule has 0 radical (unpaired) electrons. The first-order valence-electron chi connectivity index (χ1n) is 11.3. The van der Waals surface area contributed by atoms with E-state index in [4.69, 9.17) is 4.74 Å². The van der Waals surface area contributed by atoms with Crippen LogP contribution in [0.4, 0.5) is 5.69 Å². The van der Waals surface area contributed by atoms with Gasteiger partial charge in [-0.15, -0.1) is 10.2 Å². The Morgan fingerprint density at radius 2 is 1.71 bits per heavy atom. The fourth-order valence-corrected chi connectivity index (χ4v) is 4.31. The van der Waals surface area contributed by atoms with E-state index in [2.05, 4.69) is 41.5 Å². The molecule has 7 heteroatoms. The summed E-state index contributed by atoms with van der Waals surface area (Å²) in [6.07, 6.45) is 1.09. The summed E-state index contributed by atoms with van der Waals surface area (Å²) >= 11 is 1.36. The fraction of sp³-hybridized carbons (Fsp3) is 0.222. The summed E-state index contributed by atoms with van der Waals surface area (Å²) in [5.74, 6) is 2.12. The van der Waals surface area contributed by atoms with Crippen LogP contribution in [0.15, 0.2) is 84.0 Å². The lowest BCUT2D eigenvalue weighted by atomic mass is 9.99. The second-order valence-corrected chi connectivity index (χ2v) is 8.92. The van der Waals surface area contributed by atoms with E-state index in [0.29, 0.717) is 16.9 Å². The average molecular weight is 473 g/mol. The van der Waals surface area contributed by atoms with Crippen LogP contribution in [-0.2, 0) is 4.79 Å². The zero-order valence-corrected chi connectivity index (χ0v) is 20.4. The van der Waals surface area contributed by atoms with Crippen LogP contribution in [-0.4, -0.2) is 33.5 Å². The van der Waals surface area contributed by atoms with Gasteiger partial charge in [0.05, 0.1) is 12.9 Å². The standard InChI is InChI=1S/C27H28N4O2S/c1-4-19(2)20-10-14-22(15-11-20)28-25(32)18-34-27-30-29-26(21-12-16-24(33-3)17-13-21)31(27)23-8-6-5-7-9-23/h5-17,19H,4,18H2,1-3H3,(H,28,32)/t19-/m1/s1. The van der Waals surface area contributed by atoms with Crippen LogP contribution >= 0.6 is 11.8 Å². The van der Waals surface area contributed by atoms with Gasteiger partial charge < -0.3 is 10.1 Å². The number of thioether (sulfide) groups is 1. The maximum absolute atomic E-state index is 12.7. The van der Waals surface area contributed by atoms with E-state index < -0.39 is 0 Å². The van der Waals surface area contributed by atoms with Crippen LogP contribution < -0.4 is 10.1 Å². The van der Waals surface area contributed by atoms with Crippen molar-refractivity contribution in [1.29, 1.82) is 0 Å². The molecule has 4 aromatic rings. The Bertz CT molecular complexity index is 1220. The molecule has 1 aromatic heterocycles. The van der Waals surface area contributed by atoms with Gasteiger partial charge >= 0.3 is 0 Å². The number of amides is 1. The Balaban J connectivity index is 1.51. The summed E-state index contributed by atoms with van der Waals surface area (Å²) in [5.41, 5.74) is 3.91. The smallest absolute Gasteiger partial charge is 0.234 e. The molecule has 34 heavy (non-hydrogen) atoms. The molecule has 0 aliphatic carbocycles. The van der Waals surface area contributed by atoms with E-state index in [0.717, 1.165) is 29.1 Å². The SMILES string of the molecule is CC[C@@H](C)c1ccc(NC(=O)CSc2nnc(-c3ccc(OC)cc3)n2-c2ccccc2)cc1. The van der Waals surface area contributed by atoms with Crippen molar-refractivity contribution in [3.05, 3.63) is 84.4 Å². The number of ether oxygens (including phenoxy) is 1. The summed E-state index contributed by atoms with van der Waals surface area (Å²) < 4.78 is 7.24. The van der Waals surface area contributed by atoms with E-state index in [1.54, 1.807) is 7.11 Å². The summed E-state index contributed by atoms with van der Waals surface area (Å²) in [6, 6.07) is 25.7. The summed E-state index contributed by atoms with van der Waals surface area (Å²) in [6.45, 7) is 4.37. The van der Waals surface area contributed by atoms with Crippen LogP contribution in [0.3, 0.4) is 0 Å². The summed E-state index contributed by atoms with van der Waals surface area (Å²) in [7, 11) is 1.64. The first-order valence-corrected chi connectivity index (χ1v) is 12.3. The van der Waals surface area contributed by atoms with Gasteiger partial charge in [0.25, 0.3) is 0 Å². The number of methoxy groups -OCH3 is 1. The number of nitrogens with one attached hydrogen (secondary N) is 1. The largest absolute Gasteiger partial charge is 0.497 e. The quantitative estimate of drug-likeness (QED) is 0.294. The fourth-order valence-electron chi connectivity index (χ4n) is 3.56. The lowest BCUT2D eigenvalue weighted by Crippen LogP contribution is -2.14. The highest BCUT2D eigenvalue weighted by Gasteiger charge is 2.17. The minimum absolute atomic E-state index is 0.0881. The highest BCUT2D eigenvalue weighted by molar-refractivity contribution is 7.99. The number of benzene rings is 3. The van der Waals surface area contributed by atoms with Gasteiger partial charge in [-0.25, -0.2) is 0 Å². The third-order valence-corrected chi connectivity index (χ3v) is 6.63. The number of anilines is 1. The monoisotopic (exact) mass is 472 g/mol. The molecule has 0 fully saturated rings. The molecule has 0 unspecified atom stereocenters. The molecule has 0 aliphatic heterocycles. The van der Waals surface area contributed by atoms with Gasteiger partial charge in [0.2, 0.25) is 5.91 Å². The molecule has 6 nitrogen and oxygen atoms in total. The van der Waals surface area contributed by atoms with Crippen LogP contribution in [0.25, 0.3) is 17.1 Å². The molecule has 1 amide bonds. The Hall–Kier alpha value is -3.58. The number of para-hydroxylation sites is 1. The van der Waals surface area contributed by atoms with E-state index in [1.165, 1.54) is 17.3 Å². The van der Waals surface area contributed by atoms with Crippen LogP contribution in [0.5, 0.6) is 5.75 Å². The molecule has 0 aliphatic rings. The van der Waals surface area contributed by atoms with E-state index in [-0.39, 0.29) is 11.7 Å². The van der Waals surface area contributed by atoms with Crippen LogP contribution in [0.2, 0.25) is 0 Å². The summed E-state index contributed by atoms with van der Waals surface area (Å²) in [4.78, 5) is 12.7. The van der Waals surface area contributed by atoms with Crippen molar-refractivity contribution in [2.45, 2.75) is 31.3 Å². The van der Waals surface area contributed by atoms with Crippen molar-refractivity contribution in [2.24, 2.45) is 0 Å². The molecule has 4 rings (SSSR count). The van der Waals surface area contributed by atoms with Gasteiger partial charge in [0.15, 0.2) is 11.0 Å². The highest BCUT2D eigenvalue weighted by Crippen LogP contribution is 2.29. The number of hydrogen-bond acceptors (Lipinski definition) is 5. The number of aromatic nitrogens is 3. The predicted molar refractivity (Wildman–Crippen MR) is 138 cm³/mol. The van der Waals surface area contributed by atoms with Gasteiger partial charge in [-0.3, -0.25) is 9.36 Å². The molecule has 174 valence electrons. The van der Waals surface area contributed by atoms with Gasteiger partial charge in [-0.05, 0) is 66.4 Å². The van der Waals surface area contributed by atoms with Crippen molar-refractivity contribution in [2.75, 3.05) is 18.2 Å². The number of carbonyl (C=O) groups is 1. The van der Waals surface area contributed by atoms with Crippen LogP contribution in [0, 0.1) is 0 Å². The molecule has 0 bridgehead atoms. The maximum Gasteiger partial charge on any atom is 0.234 e. The van der Waals surface area contributed by atoms with Crippen LogP contribution in [0.1, 0.15) is 31.7 Å². The molecular formula is C27H28N4O2S. The van der Waals surface area contributed by atoms with Crippen molar-refractivity contribution in [3.8, 4) is 22.8 Å². The molecular weight excluding hydrogens is 444 g/mol. The van der Waals surface area contributed by atoms with Crippen molar-refractivity contribution in [1.82, 2.24) is 14.8 Å². The van der Waals surface area contributed by atoms with Gasteiger partial charge in [0, 0.05) is 16.9 Å². The van der Waals surface area contributed by atoms with E-state index in [9.17, 15) is 4.79 Å². The Morgan fingerprint density at radius 1 is 1.00 bits per heavy atom. The van der Waals surface area contributed by atoms with Crippen molar-refractivity contribution < 1.29 is 9.53 Å². The number of nitrogens with zero attached hydrogens (tertiary/aromatic N) is 3. The topological polar surface area (TPSA) is 69.0 Å². The van der Waals surface area contributed by atoms with Crippen molar-refractivity contribution >= 4 is 23.4 Å². The highest BCUT2D eigenvalue weighted by atomic mass is 32.2. The van der Waals surface area contributed by atoms with Gasteiger partial charge in [-0.1, -0.05) is 55.9 Å². The Kier molecular flexibility index (Phi) is 7.65. The third kappa shape index (κ3) is 5.48. The summed E-state index contributed by atoms with van der Waals surface area (Å²) in [5, 5.41) is 12.5. The number of rotatable bonds is 9. The molecule has 1 N–H and O–H groups in total. The first-order chi connectivity index (χ1) is 16.6. The number of carbonyl (C=O) groups excluding carboxylic acids is 1.